The summed E-state index contributed by atoms with van der Waals surface area (Å²) in [5, 5.41) is 9.57. The third-order valence-electron chi connectivity index (χ3n) is 2.20. The highest BCUT2D eigenvalue weighted by molar-refractivity contribution is 5.09. The summed E-state index contributed by atoms with van der Waals surface area (Å²) in [6.45, 7) is 4.00. The van der Waals surface area contributed by atoms with Gasteiger partial charge in [0, 0.05) is 0 Å². The Balaban J connectivity index is 2.60. The first-order valence-corrected chi connectivity index (χ1v) is 3.57. The molecule has 0 aromatic heterocycles. The highest BCUT2D eigenvalue weighted by Gasteiger charge is 2.30. The maximum Gasteiger partial charge on any atom is 0.0830 e. The van der Waals surface area contributed by atoms with Gasteiger partial charge in [-0.3, -0.25) is 0 Å². The minimum absolute atomic E-state index is 0.456. The van der Waals surface area contributed by atoms with Gasteiger partial charge in [-0.25, -0.2) is 0 Å². The first kappa shape index (κ1) is 6.81. The molecule has 0 aromatic rings. The molecule has 1 aliphatic rings. The zero-order valence-electron chi connectivity index (χ0n) is 6.09. The molecule has 0 radical (unpaired) electrons. The van der Waals surface area contributed by atoms with Crippen LogP contribution < -0.4 is 0 Å². The summed E-state index contributed by atoms with van der Waals surface area (Å²) in [5.74, 6) is 0.456. The summed E-state index contributed by atoms with van der Waals surface area (Å²) in [4.78, 5) is 0. The van der Waals surface area contributed by atoms with E-state index in [2.05, 4.69) is 13.0 Å². The molecule has 0 spiro atoms. The number of aliphatic hydroxyl groups is 1. The molecular formula is C8H14O. The van der Waals surface area contributed by atoms with Gasteiger partial charge in [0.05, 0.1) is 5.60 Å². The quantitative estimate of drug-likeness (QED) is 0.530. The zero-order valence-corrected chi connectivity index (χ0v) is 6.09. The smallest absolute Gasteiger partial charge is 0.0830 e. The Morgan fingerprint density at radius 3 is 2.67 bits per heavy atom. The molecule has 1 N–H and O–H groups in total. The highest BCUT2D eigenvalue weighted by atomic mass is 16.3. The van der Waals surface area contributed by atoms with Crippen LogP contribution in [-0.4, -0.2) is 10.7 Å². The molecule has 0 saturated heterocycles. The lowest BCUT2D eigenvalue weighted by Crippen LogP contribution is -2.27. The molecule has 0 saturated carbocycles. The van der Waals surface area contributed by atoms with Crippen LogP contribution in [0.5, 0.6) is 0 Å². The molecule has 0 aliphatic heterocycles. The molecule has 2 atom stereocenters. The first-order valence-electron chi connectivity index (χ1n) is 3.57. The van der Waals surface area contributed by atoms with Crippen molar-refractivity contribution >= 4 is 0 Å². The number of rotatable bonds is 1. The average Bonchev–Trinajstić information content (AvgIpc) is 2.08. The van der Waals surface area contributed by atoms with Gasteiger partial charge in [0.25, 0.3) is 0 Å². The molecule has 1 heteroatoms. The maximum atomic E-state index is 9.57. The Morgan fingerprint density at radius 2 is 2.44 bits per heavy atom. The topological polar surface area (TPSA) is 20.2 Å². The van der Waals surface area contributed by atoms with Gasteiger partial charge < -0.3 is 5.11 Å². The predicted octanol–water partition coefficient (Wildman–Crippen LogP) is 1.72. The third-order valence-corrected chi connectivity index (χ3v) is 2.20. The Morgan fingerprint density at radius 1 is 1.78 bits per heavy atom. The lowest BCUT2D eigenvalue weighted by atomic mass is 9.90. The van der Waals surface area contributed by atoms with Crippen molar-refractivity contribution in [3.63, 3.8) is 0 Å². The van der Waals surface area contributed by atoms with Crippen LogP contribution in [0.2, 0.25) is 0 Å². The van der Waals surface area contributed by atoms with Crippen molar-refractivity contribution in [2.24, 2.45) is 5.92 Å². The van der Waals surface area contributed by atoms with E-state index < -0.39 is 5.60 Å². The molecule has 0 fully saturated rings. The van der Waals surface area contributed by atoms with Gasteiger partial charge in [-0.15, -0.1) is 0 Å². The van der Waals surface area contributed by atoms with Gasteiger partial charge in [-0.05, 0) is 25.7 Å². The van der Waals surface area contributed by atoms with Gasteiger partial charge in [-0.2, -0.15) is 0 Å². The van der Waals surface area contributed by atoms with Crippen molar-refractivity contribution in [1.82, 2.24) is 0 Å². The first-order chi connectivity index (χ1) is 4.17. The molecule has 0 aromatic carbocycles. The largest absolute Gasteiger partial charge is 0.386 e. The van der Waals surface area contributed by atoms with E-state index in [9.17, 15) is 5.11 Å². The fraction of sp³-hybridized carbons (Fsp3) is 0.750. The lowest BCUT2D eigenvalue weighted by molar-refractivity contribution is 0.0561. The van der Waals surface area contributed by atoms with Crippen molar-refractivity contribution in [3.05, 3.63) is 12.2 Å². The van der Waals surface area contributed by atoms with Gasteiger partial charge in [0.2, 0.25) is 0 Å². The standard InChI is InChI=1S/C8H14O/c1-3-7-5-4-6-8(7,2)9/h4,6-7,9H,3,5H2,1-2H3/t7-,8+/m1/s1. The molecular weight excluding hydrogens is 112 g/mol. The zero-order chi connectivity index (χ0) is 6.91. The molecule has 9 heavy (non-hydrogen) atoms. The van der Waals surface area contributed by atoms with E-state index in [1.807, 2.05) is 13.0 Å². The van der Waals surface area contributed by atoms with Crippen LogP contribution in [0.4, 0.5) is 0 Å². The second-order valence-electron chi connectivity index (χ2n) is 2.97. The Hall–Kier alpha value is -0.300. The van der Waals surface area contributed by atoms with Crippen LogP contribution in [0.1, 0.15) is 26.7 Å². The maximum absolute atomic E-state index is 9.57. The van der Waals surface area contributed by atoms with Crippen LogP contribution >= 0.6 is 0 Å². The minimum Gasteiger partial charge on any atom is -0.386 e. The van der Waals surface area contributed by atoms with E-state index in [-0.39, 0.29) is 0 Å². The van der Waals surface area contributed by atoms with E-state index in [1.165, 1.54) is 0 Å². The van der Waals surface area contributed by atoms with Crippen molar-refractivity contribution in [1.29, 1.82) is 0 Å². The fourth-order valence-corrected chi connectivity index (χ4v) is 1.43. The summed E-state index contributed by atoms with van der Waals surface area (Å²) in [6, 6.07) is 0. The summed E-state index contributed by atoms with van der Waals surface area (Å²) in [7, 11) is 0. The second-order valence-corrected chi connectivity index (χ2v) is 2.97. The average molecular weight is 126 g/mol. The monoisotopic (exact) mass is 126 g/mol. The summed E-state index contributed by atoms with van der Waals surface area (Å²) in [6.07, 6.45) is 6.08. The molecule has 0 amide bonds. The Bertz CT molecular complexity index is 125. The summed E-state index contributed by atoms with van der Waals surface area (Å²) < 4.78 is 0. The molecule has 1 aliphatic carbocycles. The van der Waals surface area contributed by atoms with Gasteiger partial charge in [0.15, 0.2) is 0 Å². The van der Waals surface area contributed by atoms with E-state index in [0.717, 1.165) is 12.8 Å². The number of hydrogen-bond acceptors (Lipinski definition) is 1. The highest BCUT2D eigenvalue weighted by Crippen LogP contribution is 2.30. The molecule has 52 valence electrons. The van der Waals surface area contributed by atoms with Crippen LogP contribution in [-0.2, 0) is 0 Å². The van der Waals surface area contributed by atoms with E-state index in [4.69, 9.17) is 0 Å². The van der Waals surface area contributed by atoms with Gasteiger partial charge in [0.1, 0.15) is 0 Å². The lowest BCUT2D eigenvalue weighted by Gasteiger charge is -2.22. The van der Waals surface area contributed by atoms with Crippen LogP contribution in [0.3, 0.4) is 0 Å². The summed E-state index contributed by atoms with van der Waals surface area (Å²) >= 11 is 0. The van der Waals surface area contributed by atoms with Crippen molar-refractivity contribution in [3.8, 4) is 0 Å². The van der Waals surface area contributed by atoms with Crippen molar-refractivity contribution in [2.75, 3.05) is 0 Å². The number of allylic oxidation sites excluding steroid dienone is 1. The SMILES string of the molecule is CC[C@@H]1CC=C[C@]1(C)O. The van der Waals surface area contributed by atoms with Crippen LogP contribution in [0, 0.1) is 5.92 Å². The fourth-order valence-electron chi connectivity index (χ4n) is 1.43. The third kappa shape index (κ3) is 1.16. The Kier molecular flexibility index (Phi) is 1.62. The van der Waals surface area contributed by atoms with E-state index in [0.29, 0.717) is 5.92 Å². The number of hydrogen-bond donors (Lipinski definition) is 1. The normalized spacial score (nSPS) is 41.9. The van der Waals surface area contributed by atoms with Crippen molar-refractivity contribution in [2.45, 2.75) is 32.3 Å². The molecule has 1 nitrogen and oxygen atoms in total. The molecule has 0 heterocycles. The van der Waals surface area contributed by atoms with E-state index >= 15 is 0 Å². The summed E-state index contributed by atoms with van der Waals surface area (Å²) in [5.41, 5.74) is -0.519. The van der Waals surface area contributed by atoms with E-state index in [1.54, 1.807) is 0 Å². The molecule has 0 unspecified atom stereocenters. The van der Waals surface area contributed by atoms with Crippen LogP contribution in [0.25, 0.3) is 0 Å². The van der Waals surface area contributed by atoms with Gasteiger partial charge in [-0.1, -0.05) is 19.1 Å². The molecule has 0 bridgehead atoms. The van der Waals surface area contributed by atoms with Crippen LogP contribution in [0.15, 0.2) is 12.2 Å². The second kappa shape index (κ2) is 2.14. The van der Waals surface area contributed by atoms with Crippen molar-refractivity contribution < 1.29 is 5.11 Å². The Labute approximate surface area is 56.4 Å². The predicted molar refractivity (Wildman–Crippen MR) is 38.2 cm³/mol. The minimum atomic E-state index is -0.519. The van der Waals surface area contributed by atoms with Gasteiger partial charge >= 0.3 is 0 Å². The molecule has 1 rings (SSSR count).